The number of aromatic nitrogens is 2. The molecule has 86 valence electrons. The largest absolute Gasteiger partial charge is 0.338 e. The van der Waals surface area contributed by atoms with Crippen LogP contribution in [0.4, 0.5) is 0 Å². The van der Waals surface area contributed by atoms with E-state index in [1.807, 2.05) is 27.8 Å². The lowest BCUT2D eigenvalue weighted by Crippen LogP contribution is -2.33. The number of hydrogen-bond donors (Lipinski definition) is 1. The molecule has 0 aliphatic heterocycles. The summed E-state index contributed by atoms with van der Waals surface area (Å²) < 4.78 is 1.70. The van der Waals surface area contributed by atoms with Crippen LogP contribution in [0.25, 0.3) is 0 Å². The molecule has 1 heterocycles. The first-order valence-electron chi connectivity index (χ1n) is 5.28. The highest BCUT2D eigenvalue weighted by Gasteiger charge is 2.18. The summed E-state index contributed by atoms with van der Waals surface area (Å²) >= 11 is 0. The van der Waals surface area contributed by atoms with Gasteiger partial charge < -0.3 is 5.32 Å². The van der Waals surface area contributed by atoms with Gasteiger partial charge in [0, 0.05) is 12.7 Å². The van der Waals surface area contributed by atoms with Crippen LogP contribution < -0.4 is 5.32 Å². The predicted molar refractivity (Wildman–Crippen MR) is 63.1 cm³/mol. The zero-order valence-electron chi connectivity index (χ0n) is 10.2. The molecule has 0 aliphatic carbocycles. The SMILES string of the molecule is C#CC(CC)NC(=O)c1c(C)nn(C)c1C. The normalized spacial score (nSPS) is 11.9. The van der Waals surface area contributed by atoms with Crippen LogP contribution in [-0.4, -0.2) is 21.7 Å². The number of terminal acetylenes is 1. The lowest BCUT2D eigenvalue weighted by molar-refractivity contribution is 0.0943. The fraction of sp³-hybridized carbons (Fsp3) is 0.500. The van der Waals surface area contributed by atoms with Gasteiger partial charge in [-0.15, -0.1) is 6.42 Å². The summed E-state index contributed by atoms with van der Waals surface area (Å²) in [7, 11) is 1.82. The maximum absolute atomic E-state index is 12.0. The Bertz CT molecular complexity index is 440. The molecule has 1 aromatic heterocycles. The lowest BCUT2D eigenvalue weighted by Gasteiger charge is -2.10. The Kier molecular flexibility index (Phi) is 3.73. The molecule has 16 heavy (non-hydrogen) atoms. The number of nitrogens with one attached hydrogen (secondary N) is 1. The summed E-state index contributed by atoms with van der Waals surface area (Å²) in [5, 5.41) is 6.99. The Morgan fingerprint density at radius 1 is 1.62 bits per heavy atom. The molecule has 0 fully saturated rings. The molecule has 1 amide bonds. The first-order chi connectivity index (χ1) is 7.51. The van der Waals surface area contributed by atoms with Crippen molar-refractivity contribution in [3.63, 3.8) is 0 Å². The van der Waals surface area contributed by atoms with Gasteiger partial charge in [-0.05, 0) is 20.3 Å². The van der Waals surface area contributed by atoms with Gasteiger partial charge in [0.15, 0.2) is 0 Å². The van der Waals surface area contributed by atoms with Gasteiger partial charge in [0.1, 0.15) is 0 Å². The number of rotatable bonds is 3. The molecule has 0 aliphatic rings. The quantitative estimate of drug-likeness (QED) is 0.776. The van der Waals surface area contributed by atoms with E-state index in [9.17, 15) is 4.79 Å². The van der Waals surface area contributed by atoms with Gasteiger partial charge in [-0.1, -0.05) is 12.8 Å². The van der Waals surface area contributed by atoms with Crippen LogP contribution in [0.2, 0.25) is 0 Å². The minimum Gasteiger partial charge on any atom is -0.338 e. The van der Waals surface area contributed by atoms with Crippen molar-refractivity contribution in [1.29, 1.82) is 0 Å². The number of nitrogens with zero attached hydrogens (tertiary/aromatic N) is 2. The molecule has 1 aromatic rings. The second-order valence-electron chi connectivity index (χ2n) is 3.77. The van der Waals surface area contributed by atoms with Crippen LogP contribution in [0.15, 0.2) is 0 Å². The van der Waals surface area contributed by atoms with E-state index < -0.39 is 0 Å². The van der Waals surface area contributed by atoms with Crippen molar-refractivity contribution in [2.75, 3.05) is 0 Å². The Labute approximate surface area is 96.0 Å². The lowest BCUT2D eigenvalue weighted by atomic mass is 10.1. The van der Waals surface area contributed by atoms with Crippen molar-refractivity contribution < 1.29 is 4.79 Å². The Morgan fingerprint density at radius 2 is 2.25 bits per heavy atom. The Hall–Kier alpha value is -1.76. The molecule has 1 unspecified atom stereocenters. The second kappa shape index (κ2) is 4.84. The third-order valence-corrected chi connectivity index (χ3v) is 2.65. The molecule has 0 aromatic carbocycles. The van der Waals surface area contributed by atoms with E-state index in [0.29, 0.717) is 5.56 Å². The minimum atomic E-state index is -0.216. The molecule has 0 bridgehead atoms. The van der Waals surface area contributed by atoms with Crippen molar-refractivity contribution in [2.45, 2.75) is 33.2 Å². The van der Waals surface area contributed by atoms with Gasteiger partial charge in [-0.25, -0.2) is 0 Å². The smallest absolute Gasteiger partial charge is 0.255 e. The molecule has 1 N–H and O–H groups in total. The zero-order valence-corrected chi connectivity index (χ0v) is 10.2. The van der Waals surface area contributed by atoms with Crippen LogP contribution >= 0.6 is 0 Å². The molecular formula is C12H17N3O. The highest BCUT2D eigenvalue weighted by Crippen LogP contribution is 2.11. The Morgan fingerprint density at radius 3 is 2.62 bits per heavy atom. The fourth-order valence-corrected chi connectivity index (χ4v) is 1.59. The van der Waals surface area contributed by atoms with E-state index in [4.69, 9.17) is 6.42 Å². The maximum Gasteiger partial charge on any atom is 0.255 e. The summed E-state index contributed by atoms with van der Waals surface area (Å²) in [5.74, 6) is 2.39. The minimum absolute atomic E-state index is 0.145. The summed E-state index contributed by atoms with van der Waals surface area (Å²) in [6.07, 6.45) is 6.03. The van der Waals surface area contributed by atoms with Gasteiger partial charge in [-0.3, -0.25) is 9.48 Å². The van der Waals surface area contributed by atoms with Gasteiger partial charge in [-0.2, -0.15) is 5.10 Å². The Balaban J connectivity index is 2.94. The van der Waals surface area contributed by atoms with Crippen molar-refractivity contribution in [1.82, 2.24) is 15.1 Å². The monoisotopic (exact) mass is 219 g/mol. The highest BCUT2D eigenvalue weighted by molar-refractivity contribution is 5.96. The molecule has 1 rings (SSSR count). The average Bonchev–Trinajstić information content (AvgIpc) is 2.49. The summed E-state index contributed by atoms with van der Waals surface area (Å²) in [6, 6.07) is -0.216. The first-order valence-corrected chi connectivity index (χ1v) is 5.28. The van der Waals surface area contributed by atoms with Crippen LogP contribution in [0.3, 0.4) is 0 Å². The zero-order chi connectivity index (χ0) is 12.3. The van der Waals surface area contributed by atoms with Crippen molar-refractivity contribution in [3.8, 4) is 12.3 Å². The van der Waals surface area contributed by atoms with Crippen molar-refractivity contribution >= 4 is 5.91 Å². The molecule has 4 heteroatoms. The molecule has 0 radical (unpaired) electrons. The molecule has 0 saturated carbocycles. The van der Waals surface area contributed by atoms with Gasteiger partial charge in [0.2, 0.25) is 0 Å². The average molecular weight is 219 g/mol. The molecule has 1 atom stereocenters. The third kappa shape index (κ3) is 2.25. The van der Waals surface area contributed by atoms with E-state index in [0.717, 1.165) is 17.8 Å². The van der Waals surface area contributed by atoms with E-state index >= 15 is 0 Å². The van der Waals surface area contributed by atoms with Gasteiger partial charge in [0.05, 0.1) is 17.3 Å². The van der Waals surface area contributed by atoms with Crippen LogP contribution in [0, 0.1) is 26.2 Å². The molecular weight excluding hydrogens is 202 g/mol. The predicted octanol–water partition coefficient (Wildman–Crippen LogP) is 1.18. The maximum atomic E-state index is 12.0. The molecule has 0 spiro atoms. The van der Waals surface area contributed by atoms with Gasteiger partial charge in [0.25, 0.3) is 5.91 Å². The number of aryl methyl sites for hydroxylation is 2. The summed E-state index contributed by atoms with van der Waals surface area (Å²) in [5.41, 5.74) is 2.20. The number of hydrogen-bond acceptors (Lipinski definition) is 2. The summed E-state index contributed by atoms with van der Waals surface area (Å²) in [6.45, 7) is 5.62. The number of carbonyl (C=O) groups excluding carboxylic acids is 1. The number of carbonyl (C=O) groups is 1. The van der Waals surface area contributed by atoms with Crippen molar-refractivity contribution in [2.24, 2.45) is 7.05 Å². The van der Waals surface area contributed by atoms with E-state index in [1.165, 1.54) is 0 Å². The van der Waals surface area contributed by atoms with E-state index in [1.54, 1.807) is 4.68 Å². The van der Waals surface area contributed by atoms with Crippen molar-refractivity contribution in [3.05, 3.63) is 17.0 Å². The van der Waals surface area contributed by atoms with Gasteiger partial charge >= 0.3 is 0 Å². The van der Waals surface area contributed by atoms with Crippen LogP contribution in [-0.2, 0) is 7.05 Å². The first kappa shape index (κ1) is 12.3. The summed E-state index contributed by atoms with van der Waals surface area (Å²) in [4.78, 5) is 12.0. The second-order valence-corrected chi connectivity index (χ2v) is 3.77. The number of amides is 1. The fourth-order valence-electron chi connectivity index (χ4n) is 1.59. The highest BCUT2D eigenvalue weighted by atomic mass is 16.1. The molecule has 0 saturated heterocycles. The van der Waals surface area contributed by atoms with E-state index in [2.05, 4.69) is 16.3 Å². The van der Waals surface area contributed by atoms with Crippen LogP contribution in [0.5, 0.6) is 0 Å². The molecule has 4 nitrogen and oxygen atoms in total. The third-order valence-electron chi connectivity index (χ3n) is 2.65. The van der Waals surface area contributed by atoms with E-state index in [-0.39, 0.29) is 11.9 Å². The standard InChI is InChI=1S/C12H17N3O/c1-6-10(7-2)13-12(16)11-8(3)14-15(5)9(11)4/h1,10H,7H2,2-5H3,(H,13,16). The van der Waals surface area contributed by atoms with Crippen LogP contribution in [0.1, 0.15) is 35.1 Å². The topological polar surface area (TPSA) is 46.9 Å².